The highest BCUT2D eigenvalue weighted by Crippen LogP contribution is 2.30. The fourth-order valence-electron chi connectivity index (χ4n) is 3.04. The second kappa shape index (κ2) is 7.69. The van der Waals surface area contributed by atoms with E-state index in [1.54, 1.807) is 17.0 Å². The van der Waals surface area contributed by atoms with Crippen LogP contribution in [0.1, 0.15) is 50.5 Å². The number of rotatable bonds is 4. The molecule has 1 aliphatic heterocycles. The van der Waals surface area contributed by atoms with Gasteiger partial charge in [-0.05, 0) is 52.3 Å². The van der Waals surface area contributed by atoms with Gasteiger partial charge >= 0.3 is 18.0 Å². The summed E-state index contributed by atoms with van der Waals surface area (Å²) in [5.41, 5.74) is -0.965. The average molecular weight is 392 g/mol. The van der Waals surface area contributed by atoms with Crippen molar-refractivity contribution in [2.75, 3.05) is 31.1 Å². The van der Waals surface area contributed by atoms with E-state index in [9.17, 15) is 24.6 Å². The molecule has 1 amide bonds. The topological polar surface area (TPSA) is 107 Å². The lowest BCUT2D eigenvalue weighted by atomic mass is 9.81. The van der Waals surface area contributed by atoms with Gasteiger partial charge in [0, 0.05) is 31.9 Å². The fraction of sp³-hybridized carbons (Fsp3) is 0.550. The highest BCUT2D eigenvalue weighted by atomic mass is 16.6. The molecule has 0 aliphatic carbocycles. The van der Waals surface area contributed by atoms with E-state index in [0.717, 1.165) is 0 Å². The standard InChI is InChI=1S/C20H28N2O6/c1-19(2,3)28-18(27)22-10-8-21(9-11-22)13-6-7-15(14(12-13)16(23)24)20(4,5)17(25)26/h6-7,12H,8-11H2,1-5H3,(H,23,24)(H,25,26). The number of carbonyl (C=O) groups is 3. The molecule has 8 heteroatoms. The molecule has 1 aromatic rings. The van der Waals surface area contributed by atoms with Gasteiger partial charge in [-0.15, -0.1) is 0 Å². The lowest BCUT2D eigenvalue weighted by molar-refractivity contribution is -0.142. The Morgan fingerprint density at radius 3 is 2.00 bits per heavy atom. The zero-order valence-corrected chi connectivity index (χ0v) is 17.0. The SMILES string of the molecule is CC(C)(C)OC(=O)N1CCN(c2ccc(C(C)(C)C(=O)O)c(C(=O)O)c2)CC1. The van der Waals surface area contributed by atoms with Crippen molar-refractivity contribution in [3.63, 3.8) is 0 Å². The average Bonchev–Trinajstić information content (AvgIpc) is 2.59. The summed E-state index contributed by atoms with van der Waals surface area (Å²) in [4.78, 5) is 39.0. The molecule has 0 aromatic heterocycles. The van der Waals surface area contributed by atoms with E-state index in [2.05, 4.69) is 0 Å². The van der Waals surface area contributed by atoms with E-state index >= 15 is 0 Å². The van der Waals surface area contributed by atoms with Crippen LogP contribution in [0.25, 0.3) is 0 Å². The first kappa shape index (κ1) is 21.5. The number of carboxylic acid groups (broad SMARTS) is 2. The maximum atomic E-state index is 12.2. The summed E-state index contributed by atoms with van der Waals surface area (Å²) in [6.45, 7) is 10.4. The second-order valence-electron chi connectivity index (χ2n) is 8.42. The second-order valence-corrected chi connectivity index (χ2v) is 8.42. The van der Waals surface area contributed by atoms with Crippen molar-refractivity contribution in [2.45, 2.75) is 45.6 Å². The van der Waals surface area contributed by atoms with Gasteiger partial charge in [-0.25, -0.2) is 9.59 Å². The molecule has 28 heavy (non-hydrogen) atoms. The smallest absolute Gasteiger partial charge is 0.410 e. The number of carbonyl (C=O) groups excluding carboxylic acids is 1. The van der Waals surface area contributed by atoms with Crippen molar-refractivity contribution in [1.82, 2.24) is 4.90 Å². The van der Waals surface area contributed by atoms with Crippen LogP contribution >= 0.6 is 0 Å². The van der Waals surface area contributed by atoms with E-state index in [-0.39, 0.29) is 17.2 Å². The fourth-order valence-corrected chi connectivity index (χ4v) is 3.04. The quantitative estimate of drug-likeness (QED) is 0.811. The summed E-state index contributed by atoms with van der Waals surface area (Å²) in [6, 6.07) is 4.80. The number of carboxylic acids is 2. The molecule has 1 aliphatic rings. The largest absolute Gasteiger partial charge is 0.481 e. The zero-order valence-electron chi connectivity index (χ0n) is 17.0. The molecule has 2 N–H and O–H groups in total. The van der Waals surface area contributed by atoms with Gasteiger partial charge in [0.05, 0.1) is 11.0 Å². The van der Waals surface area contributed by atoms with Crippen LogP contribution < -0.4 is 4.90 Å². The molecule has 8 nitrogen and oxygen atoms in total. The lowest BCUT2D eigenvalue weighted by Gasteiger charge is -2.37. The molecule has 0 atom stereocenters. The molecular weight excluding hydrogens is 364 g/mol. The minimum absolute atomic E-state index is 0.0283. The van der Waals surface area contributed by atoms with Gasteiger partial charge in [0.1, 0.15) is 5.60 Å². The van der Waals surface area contributed by atoms with Gasteiger partial charge in [-0.1, -0.05) is 6.07 Å². The van der Waals surface area contributed by atoms with E-state index in [4.69, 9.17) is 4.74 Å². The number of hydrogen-bond donors (Lipinski definition) is 2. The van der Waals surface area contributed by atoms with Crippen molar-refractivity contribution in [3.8, 4) is 0 Å². The van der Waals surface area contributed by atoms with Gasteiger partial charge in [0.25, 0.3) is 0 Å². The number of piperazine rings is 1. The Bertz CT molecular complexity index is 773. The normalized spacial score (nSPS) is 15.3. The third kappa shape index (κ3) is 4.74. The predicted octanol–water partition coefficient (Wildman–Crippen LogP) is 2.80. The molecule has 2 rings (SSSR count). The van der Waals surface area contributed by atoms with Crippen LogP contribution in [0.5, 0.6) is 0 Å². The molecule has 0 saturated carbocycles. The van der Waals surface area contributed by atoms with E-state index in [0.29, 0.717) is 31.9 Å². The summed E-state index contributed by atoms with van der Waals surface area (Å²) in [5, 5.41) is 19.0. The minimum Gasteiger partial charge on any atom is -0.481 e. The molecule has 0 unspecified atom stereocenters. The Morgan fingerprint density at radius 2 is 1.54 bits per heavy atom. The van der Waals surface area contributed by atoms with Crippen LogP contribution in [0, 0.1) is 0 Å². The molecular formula is C20H28N2O6. The van der Waals surface area contributed by atoms with E-state index in [1.165, 1.54) is 19.9 Å². The molecule has 0 bridgehead atoms. The number of ether oxygens (including phenoxy) is 1. The van der Waals surface area contributed by atoms with Crippen LogP contribution in [0.3, 0.4) is 0 Å². The summed E-state index contributed by atoms with van der Waals surface area (Å²) in [5.74, 6) is -2.26. The Labute approximate surface area is 164 Å². The van der Waals surface area contributed by atoms with E-state index < -0.39 is 23.0 Å². The number of aliphatic carboxylic acids is 1. The number of nitrogens with zero attached hydrogens (tertiary/aromatic N) is 2. The van der Waals surface area contributed by atoms with Gasteiger partial charge in [-0.3, -0.25) is 4.79 Å². The monoisotopic (exact) mass is 392 g/mol. The predicted molar refractivity (Wildman–Crippen MR) is 104 cm³/mol. The molecule has 1 heterocycles. The van der Waals surface area contributed by atoms with Gasteiger partial charge in [-0.2, -0.15) is 0 Å². The Morgan fingerprint density at radius 1 is 0.964 bits per heavy atom. The van der Waals surface area contributed by atoms with E-state index in [1.807, 2.05) is 25.7 Å². The Balaban J connectivity index is 2.18. The lowest BCUT2D eigenvalue weighted by Crippen LogP contribution is -2.50. The van der Waals surface area contributed by atoms with Crippen molar-refractivity contribution < 1.29 is 29.3 Å². The molecule has 0 radical (unpaired) electrons. The molecule has 1 aromatic carbocycles. The number of hydrogen-bond acceptors (Lipinski definition) is 5. The number of amides is 1. The third-order valence-corrected chi connectivity index (χ3v) is 4.74. The van der Waals surface area contributed by atoms with Crippen molar-refractivity contribution in [3.05, 3.63) is 29.3 Å². The number of anilines is 1. The number of aromatic carboxylic acids is 1. The third-order valence-electron chi connectivity index (χ3n) is 4.74. The summed E-state index contributed by atoms with van der Waals surface area (Å²) >= 11 is 0. The first-order chi connectivity index (χ1) is 12.8. The summed E-state index contributed by atoms with van der Waals surface area (Å²) < 4.78 is 5.38. The molecule has 154 valence electrons. The Hall–Kier alpha value is -2.77. The number of benzene rings is 1. The summed E-state index contributed by atoms with van der Waals surface area (Å²) in [7, 11) is 0. The first-order valence-electron chi connectivity index (χ1n) is 9.17. The summed E-state index contributed by atoms with van der Waals surface area (Å²) in [6.07, 6.45) is -0.364. The zero-order chi connectivity index (χ0) is 21.3. The highest BCUT2D eigenvalue weighted by molar-refractivity contribution is 5.94. The first-order valence-corrected chi connectivity index (χ1v) is 9.17. The van der Waals surface area contributed by atoms with Crippen molar-refractivity contribution in [2.24, 2.45) is 0 Å². The van der Waals surface area contributed by atoms with Crippen LogP contribution in [0.4, 0.5) is 10.5 Å². The van der Waals surface area contributed by atoms with Crippen LogP contribution in [0.2, 0.25) is 0 Å². The minimum atomic E-state index is -1.32. The van der Waals surface area contributed by atoms with Crippen molar-refractivity contribution in [1.29, 1.82) is 0 Å². The maximum absolute atomic E-state index is 12.2. The van der Waals surface area contributed by atoms with Crippen LogP contribution in [-0.4, -0.2) is 64.9 Å². The van der Waals surface area contributed by atoms with Gasteiger partial charge in [0.2, 0.25) is 0 Å². The van der Waals surface area contributed by atoms with Crippen LogP contribution in [0.15, 0.2) is 18.2 Å². The molecule has 0 spiro atoms. The highest BCUT2D eigenvalue weighted by Gasteiger charge is 2.34. The van der Waals surface area contributed by atoms with Crippen LogP contribution in [-0.2, 0) is 14.9 Å². The molecule has 1 saturated heterocycles. The van der Waals surface area contributed by atoms with Gasteiger partial charge < -0.3 is 24.7 Å². The van der Waals surface area contributed by atoms with Crippen molar-refractivity contribution >= 4 is 23.7 Å². The van der Waals surface area contributed by atoms with Gasteiger partial charge in [0.15, 0.2) is 0 Å². The molecule has 1 fully saturated rings. The maximum Gasteiger partial charge on any atom is 0.410 e. The Kier molecular flexibility index (Phi) is 5.91.